The lowest BCUT2D eigenvalue weighted by atomic mass is 10.1. The zero-order valence-electron chi connectivity index (χ0n) is 9.09. The van der Waals surface area contributed by atoms with E-state index in [0.717, 1.165) is 16.9 Å². The highest BCUT2D eigenvalue weighted by Gasteiger charge is 2.09. The van der Waals surface area contributed by atoms with Crippen LogP contribution in [0.3, 0.4) is 0 Å². The average Bonchev–Trinajstić information content (AvgIpc) is 2.18. The molecular weight excluding hydrogens is 174 g/mol. The van der Waals surface area contributed by atoms with Crippen molar-refractivity contribution in [2.24, 2.45) is 0 Å². The molecule has 1 atom stereocenters. The van der Waals surface area contributed by atoms with E-state index < -0.39 is 6.10 Å². The maximum absolute atomic E-state index is 8.67. The topological polar surface area (TPSA) is 33.0 Å². The van der Waals surface area contributed by atoms with Gasteiger partial charge in [-0.15, -0.1) is 0 Å². The standard InChI is InChI=1S/C12H15NO/c1-8-5-6-9(2)12(11(8)4)14-10(3)7-13/h5-6,10H,1-4H3. The molecule has 1 rings (SSSR count). The van der Waals surface area contributed by atoms with E-state index in [9.17, 15) is 0 Å². The van der Waals surface area contributed by atoms with Gasteiger partial charge in [0.05, 0.1) is 0 Å². The summed E-state index contributed by atoms with van der Waals surface area (Å²) in [6, 6.07) is 6.14. The summed E-state index contributed by atoms with van der Waals surface area (Å²) in [5.74, 6) is 0.846. The second-order valence-corrected chi connectivity index (χ2v) is 3.54. The Kier molecular flexibility index (Phi) is 3.14. The molecule has 0 aliphatic carbocycles. The van der Waals surface area contributed by atoms with Crippen LogP contribution in [-0.4, -0.2) is 6.10 Å². The van der Waals surface area contributed by atoms with Crippen molar-refractivity contribution in [2.75, 3.05) is 0 Å². The normalized spacial score (nSPS) is 11.9. The van der Waals surface area contributed by atoms with Gasteiger partial charge in [-0.2, -0.15) is 5.26 Å². The smallest absolute Gasteiger partial charge is 0.181 e. The summed E-state index contributed by atoms with van der Waals surface area (Å²) >= 11 is 0. The third kappa shape index (κ3) is 2.05. The second kappa shape index (κ2) is 4.15. The second-order valence-electron chi connectivity index (χ2n) is 3.54. The average molecular weight is 189 g/mol. The summed E-state index contributed by atoms with van der Waals surface area (Å²) in [6.45, 7) is 7.80. The molecule has 0 N–H and O–H groups in total. The Bertz CT molecular complexity index is 377. The lowest BCUT2D eigenvalue weighted by molar-refractivity contribution is 0.272. The van der Waals surface area contributed by atoms with Crippen molar-refractivity contribution in [3.63, 3.8) is 0 Å². The van der Waals surface area contributed by atoms with Crippen LogP contribution in [0.2, 0.25) is 0 Å². The zero-order valence-corrected chi connectivity index (χ0v) is 9.09. The van der Waals surface area contributed by atoms with E-state index in [2.05, 4.69) is 12.1 Å². The molecule has 1 unspecified atom stereocenters. The first-order valence-electron chi connectivity index (χ1n) is 4.69. The van der Waals surface area contributed by atoms with Gasteiger partial charge in [0.25, 0.3) is 0 Å². The molecule has 0 aromatic heterocycles. The molecule has 0 bridgehead atoms. The first-order chi connectivity index (χ1) is 6.56. The van der Waals surface area contributed by atoms with Crippen molar-refractivity contribution < 1.29 is 4.74 Å². The van der Waals surface area contributed by atoms with Crippen molar-refractivity contribution in [2.45, 2.75) is 33.8 Å². The van der Waals surface area contributed by atoms with Crippen LogP contribution in [0, 0.1) is 32.1 Å². The molecule has 0 spiro atoms. The molecule has 2 heteroatoms. The molecule has 0 heterocycles. The Morgan fingerprint density at radius 2 is 1.79 bits per heavy atom. The van der Waals surface area contributed by atoms with E-state index in [1.165, 1.54) is 5.56 Å². The largest absolute Gasteiger partial charge is 0.475 e. The third-order valence-corrected chi connectivity index (χ3v) is 2.35. The van der Waals surface area contributed by atoms with Gasteiger partial charge in [0.1, 0.15) is 11.8 Å². The molecular formula is C12H15NO. The minimum Gasteiger partial charge on any atom is -0.475 e. The van der Waals surface area contributed by atoms with Crippen LogP contribution >= 0.6 is 0 Å². The quantitative estimate of drug-likeness (QED) is 0.716. The molecule has 0 aliphatic rings. The summed E-state index contributed by atoms with van der Waals surface area (Å²) in [5.41, 5.74) is 3.39. The number of nitriles is 1. The Hall–Kier alpha value is -1.49. The highest BCUT2D eigenvalue weighted by atomic mass is 16.5. The van der Waals surface area contributed by atoms with Gasteiger partial charge in [-0.1, -0.05) is 12.1 Å². The number of ether oxygens (including phenoxy) is 1. The number of benzene rings is 1. The zero-order chi connectivity index (χ0) is 10.7. The molecule has 0 aliphatic heterocycles. The molecule has 2 nitrogen and oxygen atoms in total. The molecule has 0 amide bonds. The van der Waals surface area contributed by atoms with E-state index in [4.69, 9.17) is 10.00 Å². The monoisotopic (exact) mass is 189 g/mol. The van der Waals surface area contributed by atoms with Gasteiger partial charge in [-0.3, -0.25) is 0 Å². The molecule has 1 aromatic rings. The Morgan fingerprint density at radius 1 is 1.21 bits per heavy atom. The number of rotatable bonds is 2. The first kappa shape index (κ1) is 10.6. The van der Waals surface area contributed by atoms with Gasteiger partial charge in [-0.25, -0.2) is 0 Å². The number of hydrogen-bond donors (Lipinski definition) is 0. The summed E-state index contributed by atoms with van der Waals surface area (Å²) < 4.78 is 5.54. The Balaban J connectivity index is 3.08. The van der Waals surface area contributed by atoms with Crippen molar-refractivity contribution in [3.8, 4) is 11.8 Å². The third-order valence-electron chi connectivity index (χ3n) is 2.35. The summed E-state index contributed by atoms with van der Waals surface area (Å²) in [6.07, 6.45) is -0.394. The predicted molar refractivity (Wildman–Crippen MR) is 56.4 cm³/mol. The molecule has 14 heavy (non-hydrogen) atoms. The van der Waals surface area contributed by atoms with E-state index >= 15 is 0 Å². The van der Waals surface area contributed by atoms with Crippen molar-refractivity contribution in [1.82, 2.24) is 0 Å². The first-order valence-corrected chi connectivity index (χ1v) is 4.69. The van der Waals surface area contributed by atoms with Crippen LogP contribution in [0.5, 0.6) is 5.75 Å². The van der Waals surface area contributed by atoms with E-state index in [-0.39, 0.29) is 0 Å². The Morgan fingerprint density at radius 3 is 2.36 bits per heavy atom. The van der Waals surface area contributed by atoms with Crippen LogP contribution in [0.15, 0.2) is 12.1 Å². The van der Waals surface area contributed by atoms with E-state index in [1.807, 2.05) is 26.8 Å². The van der Waals surface area contributed by atoms with Gasteiger partial charge in [0.15, 0.2) is 6.10 Å². The maximum atomic E-state index is 8.67. The molecule has 0 radical (unpaired) electrons. The molecule has 0 fully saturated rings. The summed E-state index contributed by atoms with van der Waals surface area (Å²) in [7, 11) is 0. The van der Waals surface area contributed by atoms with Crippen LogP contribution in [0.25, 0.3) is 0 Å². The Labute approximate surface area is 85.1 Å². The summed E-state index contributed by atoms with van der Waals surface area (Å²) in [4.78, 5) is 0. The van der Waals surface area contributed by atoms with Gasteiger partial charge < -0.3 is 4.74 Å². The van der Waals surface area contributed by atoms with Crippen molar-refractivity contribution >= 4 is 0 Å². The minimum absolute atomic E-state index is 0.394. The van der Waals surface area contributed by atoms with E-state index in [1.54, 1.807) is 6.92 Å². The molecule has 0 saturated carbocycles. The fourth-order valence-electron chi connectivity index (χ4n) is 1.31. The lowest BCUT2D eigenvalue weighted by Gasteiger charge is -2.14. The lowest BCUT2D eigenvalue weighted by Crippen LogP contribution is -2.10. The predicted octanol–water partition coefficient (Wildman–Crippen LogP) is 2.90. The molecule has 0 saturated heterocycles. The molecule has 1 aromatic carbocycles. The van der Waals surface area contributed by atoms with Gasteiger partial charge in [0.2, 0.25) is 0 Å². The summed E-state index contributed by atoms with van der Waals surface area (Å²) in [5, 5.41) is 8.67. The van der Waals surface area contributed by atoms with Crippen LogP contribution in [-0.2, 0) is 0 Å². The number of nitrogens with zero attached hydrogens (tertiary/aromatic N) is 1. The molecule has 74 valence electrons. The van der Waals surface area contributed by atoms with Gasteiger partial charge in [-0.05, 0) is 44.4 Å². The van der Waals surface area contributed by atoms with Crippen molar-refractivity contribution in [3.05, 3.63) is 28.8 Å². The highest BCUT2D eigenvalue weighted by molar-refractivity contribution is 5.44. The highest BCUT2D eigenvalue weighted by Crippen LogP contribution is 2.26. The van der Waals surface area contributed by atoms with Crippen molar-refractivity contribution in [1.29, 1.82) is 5.26 Å². The van der Waals surface area contributed by atoms with Crippen LogP contribution in [0.4, 0.5) is 0 Å². The fraction of sp³-hybridized carbons (Fsp3) is 0.417. The van der Waals surface area contributed by atoms with Crippen LogP contribution in [0.1, 0.15) is 23.6 Å². The fourth-order valence-corrected chi connectivity index (χ4v) is 1.31. The SMILES string of the molecule is Cc1ccc(C)c(OC(C)C#N)c1C. The number of hydrogen-bond acceptors (Lipinski definition) is 2. The van der Waals surface area contributed by atoms with Crippen LogP contribution < -0.4 is 4.74 Å². The minimum atomic E-state index is -0.394. The van der Waals surface area contributed by atoms with E-state index in [0.29, 0.717) is 0 Å². The maximum Gasteiger partial charge on any atom is 0.181 e. The number of aryl methyl sites for hydroxylation is 2. The van der Waals surface area contributed by atoms with Gasteiger partial charge >= 0.3 is 0 Å². The van der Waals surface area contributed by atoms with Gasteiger partial charge in [0, 0.05) is 0 Å².